The van der Waals surface area contributed by atoms with E-state index < -0.39 is 68.9 Å². The van der Waals surface area contributed by atoms with E-state index in [4.69, 9.17) is 100 Å². The molecular formula is C12H18Cl6O6. The van der Waals surface area contributed by atoms with Crippen LogP contribution in [0.1, 0.15) is 0 Å². The van der Waals surface area contributed by atoms with Gasteiger partial charge in [0.1, 0.15) is 36.6 Å². The predicted molar refractivity (Wildman–Crippen MR) is 93.9 cm³/mol. The summed E-state index contributed by atoms with van der Waals surface area (Å²) >= 11 is 35.3. The van der Waals surface area contributed by atoms with Crippen molar-refractivity contribution in [3.05, 3.63) is 0 Å². The molecule has 12 heteroatoms. The van der Waals surface area contributed by atoms with Gasteiger partial charge in [0.05, 0.1) is 32.3 Å². The molecule has 0 radical (unpaired) electrons. The first kappa shape index (κ1) is 23.5. The fourth-order valence-electron chi connectivity index (χ4n) is 2.27. The van der Waals surface area contributed by atoms with Gasteiger partial charge in [0.25, 0.3) is 0 Å². The number of aliphatic hydroxyl groups is 6. The average Bonchev–Trinajstić information content (AvgIpc) is 2.58. The Bertz CT molecular complexity index is 255. The fraction of sp³-hybridized carbons (Fsp3) is 1.00. The lowest BCUT2D eigenvalue weighted by atomic mass is 9.85. The van der Waals surface area contributed by atoms with Gasteiger partial charge in [-0.05, 0) is 0 Å². The lowest BCUT2D eigenvalue weighted by Crippen LogP contribution is -2.63. The predicted octanol–water partition coefficient (Wildman–Crippen LogP) is -0.190. The molecule has 0 amide bonds. The van der Waals surface area contributed by atoms with E-state index >= 15 is 0 Å². The van der Waals surface area contributed by atoms with Gasteiger partial charge in [-0.2, -0.15) is 0 Å². The Morgan fingerprint density at radius 3 is 0.458 bits per heavy atom. The van der Waals surface area contributed by atoms with Crippen LogP contribution in [-0.4, -0.2) is 99.5 Å². The van der Waals surface area contributed by atoms with E-state index in [9.17, 15) is 0 Å². The first-order chi connectivity index (χ1) is 10.9. The molecule has 6 nitrogen and oxygen atoms in total. The van der Waals surface area contributed by atoms with Gasteiger partial charge >= 0.3 is 0 Å². The second-order valence-electron chi connectivity index (χ2n) is 5.61. The molecule has 0 heterocycles. The molecule has 0 bridgehead atoms. The van der Waals surface area contributed by atoms with Gasteiger partial charge < -0.3 is 30.6 Å². The third-order valence-corrected chi connectivity index (χ3v) is 7.96. The Hall–Kier alpha value is 1.50. The second kappa shape index (κ2) is 9.62. The number of hydrogen-bond acceptors (Lipinski definition) is 6. The monoisotopic (exact) mass is 468 g/mol. The molecule has 0 aromatic carbocycles. The maximum atomic E-state index is 8.97. The third-order valence-electron chi connectivity index (χ3n) is 3.92. The molecule has 2 aliphatic rings. The van der Waals surface area contributed by atoms with Crippen LogP contribution in [0.4, 0.5) is 0 Å². The molecule has 0 aromatic rings. The van der Waals surface area contributed by atoms with E-state index in [2.05, 4.69) is 0 Å². The van der Waals surface area contributed by atoms with Crippen LogP contribution in [0.15, 0.2) is 0 Å². The van der Waals surface area contributed by atoms with Crippen molar-refractivity contribution in [2.45, 2.75) is 68.9 Å². The summed E-state index contributed by atoms with van der Waals surface area (Å²) in [6, 6.07) is 0. The Labute approximate surface area is 168 Å². The number of halogens is 6. The van der Waals surface area contributed by atoms with Gasteiger partial charge in [0.15, 0.2) is 0 Å². The number of hydrogen-bond donors (Lipinski definition) is 6. The molecule has 0 saturated heterocycles. The minimum atomic E-state index is -1.64. The van der Waals surface area contributed by atoms with Crippen molar-refractivity contribution in [2.24, 2.45) is 0 Å². The number of aliphatic hydroxyl groups excluding tert-OH is 6. The molecular weight excluding hydrogens is 453 g/mol. The van der Waals surface area contributed by atoms with E-state index in [1.54, 1.807) is 0 Å². The normalized spacial score (nSPS) is 55.5. The van der Waals surface area contributed by atoms with E-state index in [-0.39, 0.29) is 0 Å². The molecule has 2 fully saturated rings. The fourth-order valence-corrected chi connectivity index (χ4v) is 4.59. The van der Waals surface area contributed by atoms with E-state index in [1.165, 1.54) is 0 Å². The summed E-state index contributed by atoms with van der Waals surface area (Å²) in [5, 5.41) is 51.2. The zero-order valence-electron chi connectivity index (χ0n) is 11.9. The minimum Gasteiger partial charge on any atom is -0.387 e. The Morgan fingerprint density at radius 1 is 0.292 bits per heavy atom. The molecule has 2 rings (SSSR count). The zero-order chi connectivity index (χ0) is 18.9. The third kappa shape index (κ3) is 4.86. The van der Waals surface area contributed by atoms with Gasteiger partial charge in [-0.3, -0.25) is 0 Å². The van der Waals surface area contributed by atoms with Crippen LogP contribution in [0.2, 0.25) is 0 Å². The molecule has 24 heavy (non-hydrogen) atoms. The van der Waals surface area contributed by atoms with Crippen molar-refractivity contribution in [3.63, 3.8) is 0 Å². The van der Waals surface area contributed by atoms with Crippen LogP contribution in [0.5, 0.6) is 0 Å². The second-order valence-corrected chi connectivity index (χ2v) is 8.63. The summed E-state index contributed by atoms with van der Waals surface area (Å²) in [6.45, 7) is 0. The molecule has 2 aliphatic carbocycles. The van der Waals surface area contributed by atoms with Gasteiger partial charge in [-0.1, -0.05) is 0 Å². The topological polar surface area (TPSA) is 121 Å². The maximum absolute atomic E-state index is 8.97. The zero-order valence-corrected chi connectivity index (χ0v) is 16.4. The van der Waals surface area contributed by atoms with Crippen molar-refractivity contribution in [1.82, 2.24) is 0 Å². The SMILES string of the molecule is ClC1C(Cl)C(Cl)C(Cl)C(Cl)C1Cl.OC1C(O)C(O)C(O)C(O)C1O. The lowest BCUT2D eigenvalue weighted by molar-refractivity contribution is -0.223. The highest BCUT2D eigenvalue weighted by Crippen LogP contribution is 2.39. The molecule has 0 atom stereocenters. The summed E-state index contributed by atoms with van der Waals surface area (Å²) in [6.07, 6.45) is -9.84. The minimum absolute atomic E-state index is 0.437. The van der Waals surface area contributed by atoms with Gasteiger partial charge in [-0.15, -0.1) is 69.6 Å². The van der Waals surface area contributed by atoms with Crippen molar-refractivity contribution in [1.29, 1.82) is 0 Å². The highest BCUT2D eigenvalue weighted by molar-refractivity contribution is 6.45. The quantitative estimate of drug-likeness (QED) is 0.273. The molecule has 0 spiro atoms. The van der Waals surface area contributed by atoms with E-state index in [1.807, 2.05) is 0 Å². The van der Waals surface area contributed by atoms with Crippen LogP contribution in [0.25, 0.3) is 0 Å². The highest BCUT2D eigenvalue weighted by atomic mass is 35.5. The summed E-state index contributed by atoms with van der Waals surface area (Å²) in [7, 11) is 0. The van der Waals surface area contributed by atoms with Crippen LogP contribution in [-0.2, 0) is 0 Å². The summed E-state index contributed by atoms with van der Waals surface area (Å²) in [5.41, 5.74) is 0. The van der Waals surface area contributed by atoms with Crippen molar-refractivity contribution >= 4 is 69.6 Å². The van der Waals surface area contributed by atoms with Crippen molar-refractivity contribution in [2.75, 3.05) is 0 Å². The largest absolute Gasteiger partial charge is 0.387 e. The summed E-state index contributed by atoms with van der Waals surface area (Å²) in [5.74, 6) is 0. The summed E-state index contributed by atoms with van der Waals surface area (Å²) < 4.78 is 0. The van der Waals surface area contributed by atoms with Crippen LogP contribution in [0, 0.1) is 0 Å². The first-order valence-electron chi connectivity index (χ1n) is 6.86. The standard InChI is InChI=1S/C6H6Cl6.C6H12O6/c2*7-1-2(8)4(10)6(12)5(11)3(1)9/h1-6H;1-12H. The first-order valence-corrected chi connectivity index (χ1v) is 9.48. The Balaban J connectivity index is 0.000000240. The van der Waals surface area contributed by atoms with Crippen LogP contribution >= 0.6 is 69.6 Å². The van der Waals surface area contributed by atoms with E-state index in [0.717, 1.165) is 0 Å². The van der Waals surface area contributed by atoms with Crippen LogP contribution in [0.3, 0.4) is 0 Å². The van der Waals surface area contributed by atoms with E-state index in [0.29, 0.717) is 0 Å². The Morgan fingerprint density at radius 2 is 0.375 bits per heavy atom. The van der Waals surface area contributed by atoms with Gasteiger partial charge in [-0.25, -0.2) is 0 Å². The van der Waals surface area contributed by atoms with Gasteiger partial charge in [0, 0.05) is 0 Å². The molecule has 0 aliphatic heterocycles. The molecule has 144 valence electrons. The smallest absolute Gasteiger partial charge is 0.111 e. The van der Waals surface area contributed by atoms with Gasteiger partial charge in [0.2, 0.25) is 0 Å². The molecule has 6 N–H and O–H groups in total. The summed E-state index contributed by atoms with van der Waals surface area (Å²) in [4.78, 5) is 0. The molecule has 0 unspecified atom stereocenters. The van der Waals surface area contributed by atoms with Crippen molar-refractivity contribution in [3.8, 4) is 0 Å². The average molecular weight is 471 g/mol. The lowest BCUT2D eigenvalue weighted by Gasteiger charge is -2.39. The molecule has 0 aromatic heterocycles. The maximum Gasteiger partial charge on any atom is 0.111 e. The Kier molecular flexibility index (Phi) is 9.44. The van der Waals surface area contributed by atoms with Crippen LogP contribution < -0.4 is 0 Å². The highest BCUT2D eigenvalue weighted by Gasteiger charge is 2.48. The van der Waals surface area contributed by atoms with Crippen molar-refractivity contribution < 1.29 is 30.6 Å². The number of alkyl halides is 6. The number of rotatable bonds is 0. The molecule has 2 saturated carbocycles.